The summed E-state index contributed by atoms with van der Waals surface area (Å²) in [5, 5.41) is 52.5. The zero-order valence-electron chi connectivity index (χ0n) is 52.0. The van der Waals surface area contributed by atoms with Crippen LogP contribution in [-0.2, 0) is 41.9 Å². The lowest BCUT2D eigenvalue weighted by atomic mass is 9.86. The molecule has 27 heteroatoms. The number of aromatic amines is 2. The third-order valence-corrected chi connectivity index (χ3v) is 16.5. The highest BCUT2D eigenvalue weighted by Crippen LogP contribution is 2.45. The maximum atomic E-state index is 12.9. The van der Waals surface area contributed by atoms with Crippen molar-refractivity contribution in [2.45, 2.75) is 13.5 Å². The van der Waals surface area contributed by atoms with E-state index in [4.69, 9.17) is 41.0 Å². The maximum Gasteiger partial charge on any atom is 0.281 e. The van der Waals surface area contributed by atoms with Crippen LogP contribution < -0.4 is 11.1 Å². The van der Waals surface area contributed by atoms with Crippen LogP contribution in [0.15, 0.2) is 146 Å². The van der Waals surface area contributed by atoms with Crippen molar-refractivity contribution < 1.29 is 57.4 Å². The predicted octanol–water partition coefficient (Wildman–Crippen LogP) is 11.6. The molecule has 0 bridgehead atoms. The number of benzene rings is 8. The molecule has 0 radical (unpaired) electrons. The van der Waals surface area contributed by atoms with Gasteiger partial charge in [-0.2, -0.15) is 20.4 Å². The number of anilines is 2. The largest absolute Gasteiger partial charge is 0.398 e. The van der Waals surface area contributed by atoms with E-state index in [9.17, 15) is 39.4 Å². The minimum Gasteiger partial charge on any atom is -0.398 e. The third kappa shape index (κ3) is 11.8. The van der Waals surface area contributed by atoms with Crippen LogP contribution in [0.4, 0.5) is 22.7 Å². The summed E-state index contributed by atoms with van der Waals surface area (Å²) in [5.74, 6) is -0.683. The highest BCUT2D eigenvalue weighted by Gasteiger charge is 2.37. The van der Waals surface area contributed by atoms with Gasteiger partial charge in [0, 0.05) is 118 Å². The molecule has 0 aliphatic heterocycles. The van der Waals surface area contributed by atoms with Crippen molar-refractivity contribution in [2.75, 3.05) is 85.1 Å². The molecule has 4 aliphatic carbocycles. The number of carbonyl (C=O) groups is 4. The number of nitrogens with one attached hydrogen (secondary N) is 3. The summed E-state index contributed by atoms with van der Waals surface area (Å²) in [4.78, 5) is 72.5. The molecule has 0 unspecified atom stereocenters. The van der Waals surface area contributed by atoms with Gasteiger partial charge in [-0.3, -0.25) is 49.6 Å². The number of ether oxygens (including phenoxy) is 6. The molecule has 8 aromatic carbocycles. The SMILES string of the molecule is CNc1cccc2c1C(=O)c1cccc3[nH]nc-2c13.COCCOCCl.COCCOCn1nc2c3c(cccc31)C(=O)c1c(N)cccc1-2.COCCOCn1nc2c3c(cccc31)C(=O)c1c-2cccc1[N+](=O)[O-].O=C1c2c(cccc2[N+](=O)[O-])-c2n[nH]c3cccc1c23. The summed E-state index contributed by atoms with van der Waals surface area (Å²) in [6.07, 6.45) is 0. The van der Waals surface area contributed by atoms with Crippen LogP contribution in [0.2, 0.25) is 0 Å². The molecule has 486 valence electrons. The summed E-state index contributed by atoms with van der Waals surface area (Å²) in [6.45, 7) is 3.58. The van der Waals surface area contributed by atoms with E-state index in [1.54, 1.807) is 85.3 Å². The van der Waals surface area contributed by atoms with Gasteiger partial charge < -0.3 is 39.5 Å². The Morgan fingerprint density at radius 2 is 0.823 bits per heavy atom. The fourth-order valence-electron chi connectivity index (χ4n) is 12.1. The first-order chi connectivity index (χ1) is 46.8. The number of nitro groups is 2. The van der Waals surface area contributed by atoms with Gasteiger partial charge in [0.15, 0.2) is 11.6 Å². The van der Waals surface area contributed by atoms with Gasteiger partial charge in [-0.1, -0.05) is 109 Å². The number of carbonyl (C=O) groups excluding carboxylic acids is 4. The molecule has 0 saturated heterocycles. The number of hydrogen-bond acceptors (Lipinski definition) is 20. The quantitative estimate of drug-likeness (QED) is 0.0216. The van der Waals surface area contributed by atoms with Gasteiger partial charge in [-0.05, 0) is 36.4 Å². The number of aromatic nitrogens is 8. The molecule has 0 saturated carbocycles. The normalized spacial score (nSPS) is 12.3. The Morgan fingerprint density at radius 3 is 1.27 bits per heavy atom. The van der Waals surface area contributed by atoms with Crippen molar-refractivity contribution in [1.29, 1.82) is 0 Å². The number of hydrogen-bond donors (Lipinski definition) is 4. The van der Waals surface area contributed by atoms with E-state index >= 15 is 0 Å². The van der Waals surface area contributed by atoms with Crippen LogP contribution in [0.1, 0.15) is 63.7 Å². The number of H-pyrrole nitrogens is 2. The van der Waals surface area contributed by atoms with Crippen molar-refractivity contribution in [1.82, 2.24) is 40.0 Å². The van der Waals surface area contributed by atoms with Crippen LogP contribution >= 0.6 is 11.6 Å². The topological polar surface area (TPSA) is 341 Å². The smallest absolute Gasteiger partial charge is 0.281 e. The summed E-state index contributed by atoms with van der Waals surface area (Å²) in [5.41, 5.74) is 19.4. The summed E-state index contributed by atoms with van der Waals surface area (Å²) < 4.78 is 33.9. The van der Waals surface area contributed by atoms with E-state index in [0.717, 1.165) is 72.0 Å². The van der Waals surface area contributed by atoms with Gasteiger partial charge in [-0.25, -0.2) is 9.36 Å². The van der Waals surface area contributed by atoms with Crippen LogP contribution in [0, 0.1) is 20.2 Å². The second-order valence-corrected chi connectivity index (χ2v) is 22.0. The molecule has 5 N–H and O–H groups in total. The van der Waals surface area contributed by atoms with Crippen molar-refractivity contribution in [3.8, 4) is 45.0 Å². The van der Waals surface area contributed by atoms with E-state index in [-0.39, 0.29) is 58.4 Å². The highest BCUT2D eigenvalue weighted by molar-refractivity contribution is 6.30. The van der Waals surface area contributed by atoms with Crippen LogP contribution in [0.25, 0.3) is 88.6 Å². The molecule has 96 heavy (non-hydrogen) atoms. The molecule has 0 spiro atoms. The Bertz CT molecular complexity index is 5070. The Labute approximate surface area is 550 Å². The van der Waals surface area contributed by atoms with Crippen molar-refractivity contribution in [3.05, 3.63) is 210 Å². The van der Waals surface area contributed by atoms with E-state index < -0.39 is 9.85 Å². The molecule has 4 aliphatic rings. The first-order valence-electron chi connectivity index (χ1n) is 29.9. The predicted molar refractivity (Wildman–Crippen MR) is 359 cm³/mol. The second kappa shape index (κ2) is 28.2. The Kier molecular flexibility index (Phi) is 19.0. The van der Waals surface area contributed by atoms with Crippen molar-refractivity contribution >= 4 is 101 Å². The molecule has 4 aromatic heterocycles. The molecule has 0 atom stereocenters. The van der Waals surface area contributed by atoms with Crippen LogP contribution in [-0.4, -0.2) is 147 Å². The first kappa shape index (κ1) is 64.9. The number of nitrogens with two attached hydrogens (primary N) is 1. The molecule has 0 amide bonds. The van der Waals surface area contributed by atoms with Gasteiger partial charge in [0.1, 0.15) is 53.4 Å². The van der Waals surface area contributed by atoms with Gasteiger partial charge in [0.05, 0.1) is 82.7 Å². The van der Waals surface area contributed by atoms with E-state index in [0.29, 0.717) is 108 Å². The van der Waals surface area contributed by atoms with E-state index in [1.807, 2.05) is 85.9 Å². The summed E-state index contributed by atoms with van der Waals surface area (Å²) >= 11 is 5.16. The minimum absolute atomic E-state index is 0.0546. The monoisotopic (exact) mass is 1310 g/mol. The van der Waals surface area contributed by atoms with Gasteiger partial charge in [0.25, 0.3) is 11.4 Å². The number of methoxy groups -OCH3 is 3. The molecular formula is C69H59ClN12O14. The first-order valence-corrected chi connectivity index (χ1v) is 30.4. The minimum atomic E-state index is -0.535. The fraction of sp³-hybridized carbons (Fsp3) is 0.188. The standard InChI is InChI=1S/C18H15N3O5.C18H17N3O3.C15H11N3O.C14H7N3O3.C4H9ClO2/c1-25-8-9-26-10-20-13-6-3-5-12-15(13)17(19-20)11-4-2-7-14(21(23)24)16(11)18(12)22;1-23-8-9-24-10-21-14-7-3-5-12-16(14)17(20-21)11-4-2-6-13(19)15(11)18(12)22;1-16-10-6-2-4-8-13(10)15(19)9-5-3-7-11-12(9)14(8)18-17-11;18-14-8-4-1-5-9-11(8)13(16-15-9)7-3-2-6-10(12(7)14)17(19)20;1-6-2-3-7-4-5/h2-7H,8-10H2,1H3;2-7H,8-10,19H2,1H3;2-7,16H,1H3,(H,17,18);1-6H,(H,15,16);2-4H2,1H3. The average Bonchev–Trinajstić information content (AvgIpc) is 1.51. The molecule has 16 rings (SSSR count). The summed E-state index contributed by atoms with van der Waals surface area (Å²) in [6, 6.07) is 42.5. The number of ketones is 4. The van der Waals surface area contributed by atoms with E-state index in [2.05, 4.69) is 40.6 Å². The lowest BCUT2D eigenvalue weighted by molar-refractivity contribution is -0.385. The molecular weight excluding hydrogens is 1260 g/mol. The Balaban J connectivity index is 0.000000119. The number of nitrogens with zero attached hydrogens (tertiary/aromatic N) is 8. The number of nitro benzene ring substituents is 2. The molecule has 0 fully saturated rings. The number of halogens is 1. The zero-order valence-corrected chi connectivity index (χ0v) is 52.7. The number of alkyl halides is 1. The zero-order chi connectivity index (χ0) is 67.3. The number of nitrogen functional groups attached to an aromatic ring is 1. The van der Waals surface area contributed by atoms with Crippen molar-refractivity contribution in [2.24, 2.45) is 0 Å². The fourth-order valence-corrected chi connectivity index (χ4v) is 12.2. The Hall–Kier alpha value is -11.2. The van der Waals surface area contributed by atoms with E-state index in [1.165, 1.54) is 12.1 Å². The molecule has 4 heterocycles. The lowest BCUT2D eigenvalue weighted by Gasteiger charge is -2.17. The third-order valence-electron chi connectivity index (χ3n) is 16.4. The second-order valence-electron chi connectivity index (χ2n) is 21.7. The lowest BCUT2D eigenvalue weighted by Crippen LogP contribution is -2.11. The van der Waals surface area contributed by atoms with Gasteiger partial charge >= 0.3 is 0 Å². The van der Waals surface area contributed by atoms with Crippen molar-refractivity contribution in [3.63, 3.8) is 0 Å². The average molecular weight is 1320 g/mol. The highest BCUT2D eigenvalue weighted by atomic mass is 35.5. The summed E-state index contributed by atoms with van der Waals surface area (Å²) in [7, 11) is 6.67. The maximum absolute atomic E-state index is 12.9. The van der Waals surface area contributed by atoms with Crippen LogP contribution in [0.3, 0.4) is 0 Å². The molecule has 26 nitrogen and oxygen atoms in total. The van der Waals surface area contributed by atoms with Gasteiger partial charge in [-0.15, -0.1) is 0 Å². The van der Waals surface area contributed by atoms with Crippen LogP contribution in [0.5, 0.6) is 0 Å². The number of fused-ring (bicyclic) bond motifs is 8. The van der Waals surface area contributed by atoms with Gasteiger partial charge in [0.2, 0.25) is 11.6 Å². The Morgan fingerprint density at radius 1 is 0.458 bits per heavy atom. The number of rotatable bonds is 17. The molecule has 12 aromatic rings.